The van der Waals surface area contributed by atoms with Crippen molar-refractivity contribution < 1.29 is 13.2 Å². The van der Waals surface area contributed by atoms with Crippen molar-refractivity contribution in [2.45, 2.75) is 13.0 Å². The van der Waals surface area contributed by atoms with Gasteiger partial charge in [-0.15, -0.1) is 0 Å². The largest absolute Gasteiger partial charge is 0.459 e. The molecule has 0 aliphatic heterocycles. The van der Waals surface area contributed by atoms with Crippen LogP contribution in [0.15, 0.2) is 47.1 Å². The maximum atomic E-state index is 13.4. The lowest BCUT2D eigenvalue weighted by molar-refractivity contribution is 0.474. The predicted molar refractivity (Wildman–Crippen MR) is 75.9 cm³/mol. The number of pyridine rings is 1. The Labute approximate surface area is 120 Å². The lowest BCUT2D eigenvalue weighted by Gasteiger charge is -2.15. The minimum atomic E-state index is -0.405. The van der Waals surface area contributed by atoms with E-state index >= 15 is 0 Å². The highest BCUT2D eigenvalue weighted by Crippen LogP contribution is 2.28. The first-order valence-electron chi connectivity index (χ1n) is 6.70. The van der Waals surface area contributed by atoms with Crippen molar-refractivity contribution in [3.63, 3.8) is 0 Å². The third-order valence-electron chi connectivity index (χ3n) is 3.25. The molecular formula is C16H14F2N2O. The van der Waals surface area contributed by atoms with Crippen molar-refractivity contribution in [3.05, 3.63) is 65.7 Å². The molecule has 3 rings (SSSR count). The molecule has 1 N–H and O–H groups in total. The number of benzene rings is 1. The fourth-order valence-electron chi connectivity index (χ4n) is 2.35. The number of aromatic nitrogens is 1. The smallest absolute Gasteiger partial charge is 0.141 e. The van der Waals surface area contributed by atoms with E-state index in [-0.39, 0.29) is 11.9 Å². The molecular weight excluding hydrogens is 274 g/mol. The molecule has 0 aliphatic rings. The van der Waals surface area contributed by atoms with Gasteiger partial charge in [-0.05, 0) is 42.4 Å². The van der Waals surface area contributed by atoms with Crippen LogP contribution in [-0.2, 0) is 0 Å². The Morgan fingerprint density at radius 3 is 2.76 bits per heavy atom. The summed E-state index contributed by atoms with van der Waals surface area (Å²) in [5, 5.41) is 3.90. The van der Waals surface area contributed by atoms with Crippen LogP contribution in [0, 0.1) is 11.6 Å². The van der Waals surface area contributed by atoms with Gasteiger partial charge < -0.3 is 9.73 Å². The van der Waals surface area contributed by atoms with Gasteiger partial charge >= 0.3 is 0 Å². The summed E-state index contributed by atoms with van der Waals surface area (Å²) < 4.78 is 32.4. The number of rotatable bonds is 4. The van der Waals surface area contributed by atoms with Crippen molar-refractivity contribution in [1.29, 1.82) is 0 Å². The molecule has 3 aromatic rings. The number of halogens is 2. The van der Waals surface area contributed by atoms with Crippen molar-refractivity contribution in [2.24, 2.45) is 0 Å². The number of hydrogen-bond acceptors (Lipinski definition) is 3. The van der Waals surface area contributed by atoms with E-state index in [1.807, 2.05) is 6.92 Å². The van der Waals surface area contributed by atoms with Gasteiger partial charge in [-0.1, -0.05) is 6.92 Å². The van der Waals surface area contributed by atoms with Crippen LogP contribution in [0.1, 0.15) is 24.3 Å². The maximum absolute atomic E-state index is 13.4. The van der Waals surface area contributed by atoms with Gasteiger partial charge in [0, 0.05) is 11.6 Å². The number of furan rings is 1. The van der Waals surface area contributed by atoms with Crippen molar-refractivity contribution in [3.8, 4) is 0 Å². The minimum Gasteiger partial charge on any atom is -0.459 e. The molecule has 0 radical (unpaired) electrons. The van der Waals surface area contributed by atoms with E-state index in [2.05, 4.69) is 10.3 Å². The first-order chi connectivity index (χ1) is 10.2. The number of nitrogens with one attached hydrogen (secondary N) is 1. The van der Waals surface area contributed by atoms with Gasteiger partial charge in [0.05, 0.1) is 12.2 Å². The molecule has 2 aromatic heterocycles. The van der Waals surface area contributed by atoms with Gasteiger partial charge in [-0.2, -0.15) is 0 Å². The standard InChI is InChI=1S/C16H14F2N2O/c1-2-20-16(11-6-13(18)9-19-8-11)15-7-10-5-12(17)3-4-14(10)21-15/h3-9,16,20H,2H2,1H3. The Bertz CT molecular complexity index is 770. The van der Waals surface area contributed by atoms with Crippen molar-refractivity contribution >= 4 is 11.0 Å². The Morgan fingerprint density at radius 1 is 1.14 bits per heavy atom. The lowest BCUT2D eigenvalue weighted by atomic mass is 10.1. The summed E-state index contributed by atoms with van der Waals surface area (Å²) >= 11 is 0. The minimum absolute atomic E-state index is 0.317. The highest BCUT2D eigenvalue weighted by Gasteiger charge is 2.18. The maximum Gasteiger partial charge on any atom is 0.141 e. The van der Waals surface area contributed by atoms with Crippen LogP contribution in [-0.4, -0.2) is 11.5 Å². The fourth-order valence-corrected chi connectivity index (χ4v) is 2.35. The van der Waals surface area contributed by atoms with E-state index < -0.39 is 5.82 Å². The highest BCUT2D eigenvalue weighted by atomic mass is 19.1. The summed E-state index contributed by atoms with van der Waals surface area (Å²) in [5.74, 6) is -0.121. The van der Waals surface area contributed by atoms with Crippen LogP contribution >= 0.6 is 0 Å². The monoisotopic (exact) mass is 288 g/mol. The van der Waals surface area contributed by atoms with Gasteiger partial charge in [-0.3, -0.25) is 4.98 Å². The zero-order valence-electron chi connectivity index (χ0n) is 11.4. The van der Waals surface area contributed by atoms with E-state index in [0.29, 0.717) is 28.8 Å². The third kappa shape index (κ3) is 2.78. The molecule has 0 fully saturated rings. The summed E-state index contributed by atoms with van der Waals surface area (Å²) in [6.45, 7) is 2.62. The molecule has 2 heterocycles. The van der Waals surface area contributed by atoms with E-state index in [4.69, 9.17) is 4.42 Å². The lowest BCUT2D eigenvalue weighted by Crippen LogP contribution is -2.21. The Balaban J connectivity index is 2.06. The molecule has 1 aromatic carbocycles. The van der Waals surface area contributed by atoms with Gasteiger partial charge in [0.15, 0.2) is 0 Å². The molecule has 21 heavy (non-hydrogen) atoms. The topological polar surface area (TPSA) is 38.1 Å². The second-order valence-electron chi connectivity index (χ2n) is 4.76. The normalized spacial score (nSPS) is 12.7. The number of fused-ring (bicyclic) bond motifs is 1. The molecule has 5 heteroatoms. The van der Waals surface area contributed by atoms with E-state index in [1.54, 1.807) is 18.3 Å². The Morgan fingerprint density at radius 2 is 2.00 bits per heavy atom. The summed E-state index contributed by atoms with van der Waals surface area (Å²) in [6, 6.07) is 7.19. The van der Waals surface area contributed by atoms with Crippen LogP contribution in [0.4, 0.5) is 8.78 Å². The summed E-state index contributed by atoms with van der Waals surface area (Å²) in [7, 11) is 0. The van der Waals surface area contributed by atoms with Gasteiger partial charge in [0.2, 0.25) is 0 Å². The molecule has 0 bridgehead atoms. The first kappa shape index (κ1) is 13.7. The quantitative estimate of drug-likeness (QED) is 0.793. The zero-order chi connectivity index (χ0) is 14.8. The van der Waals surface area contributed by atoms with Gasteiger partial charge in [0.25, 0.3) is 0 Å². The SMILES string of the molecule is CCNC(c1cncc(F)c1)c1cc2cc(F)ccc2o1. The van der Waals surface area contributed by atoms with Crippen LogP contribution < -0.4 is 5.32 Å². The van der Waals surface area contributed by atoms with Gasteiger partial charge in [0.1, 0.15) is 23.0 Å². The van der Waals surface area contributed by atoms with Crippen LogP contribution in [0.5, 0.6) is 0 Å². The van der Waals surface area contributed by atoms with Crippen molar-refractivity contribution in [1.82, 2.24) is 10.3 Å². The number of nitrogens with zero attached hydrogens (tertiary/aromatic N) is 1. The zero-order valence-corrected chi connectivity index (χ0v) is 11.4. The molecule has 0 spiro atoms. The van der Waals surface area contributed by atoms with Crippen LogP contribution in [0.3, 0.4) is 0 Å². The first-order valence-corrected chi connectivity index (χ1v) is 6.70. The molecule has 0 saturated heterocycles. The highest BCUT2D eigenvalue weighted by molar-refractivity contribution is 5.78. The Hall–Kier alpha value is -2.27. The molecule has 3 nitrogen and oxygen atoms in total. The molecule has 0 saturated carbocycles. The second-order valence-corrected chi connectivity index (χ2v) is 4.76. The predicted octanol–water partition coefficient (Wildman–Crippen LogP) is 3.80. The summed E-state index contributed by atoms with van der Waals surface area (Å²) in [6.07, 6.45) is 2.74. The van der Waals surface area contributed by atoms with Crippen LogP contribution in [0.25, 0.3) is 11.0 Å². The van der Waals surface area contributed by atoms with E-state index in [0.717, 1.165) is 6.20 Å². The van der Waals surface area contributed by atoms with Gasteiger partial charge in [-0.25, -0.2) is 8.78 Å². The van der Waals surface area contributed by atoms with Crippen LogP contribution in [0.2, 0.25) is 0 Å². The Kier molecular flexibility index (Phi) is 3.66. The third-order valence-corrected chi connectivity index (χ3v) is 3.25. The summed E-state index contributed by atoms with van der Waals surface area (Å²) in [5.41, 5.74) is 1.26. The average Bonchev–Trinajstić information content (AvgIpc) is 2.87. The average molecular weight is 288 g/mol. The second kappa shape index (κ2) is 5.61. The molecule has 0 amide bonds. The summed E-state index contributed by atoms with van der Waals surface area (Å²) in [4.78, 5) is 3.86. The number of hydrogen-bond donors (Lipinski definition) is 1. The molecule has 1 unspecified atom stereocenters. The molecule has 108 valence electrons. The van der Waals surface area contributed by atoms with E-state index in [1.165, 1.54) is 18.2 Å². The molecule has 0 aliphatic carbocycles. The van der Waals surface area contributed by atoms with E-state index in [9.17, 15) is 8.78 Å². The molecule has 1 atom stereocenters. The van der Waals surface area contributed by atoms with Crippen molar-refractivity contribution in [2.75, 3.05) is 6.54 Å². The fraction of sp³-hybridized carbons (Fsp3) is 0.188.